The molecule has 0 amide bonds. The van der Waals surface area contributed by atoms with Crippen molar-refractivity contribution in [2.24, 2.45) is 0 Å². The van der Waals surface area contributed by atoms with Gasteiger partial charge in [0.2, 0.25) is 0 Å². The Kier molecular flexibility index (Phi) is 5.29. The van der Waals surface area contributed by atoms with Gasteiger partial charge in [-0.3, -0.25) is 4.79 Å². The normalized spacial score (nSPS) is 11.8. The van der Waals surface area contributed by atoms with E-state index in [0.717, 1.165) is 26.6 Å². The van der Waals surface area contributed by atoms with Gasteiger partial charge in [0.25, 0.3) is 0 Å². The van der Waals surface area contributed by atoms with Gasteiger partial charge in [0.1, 0.15) is 0 Å². The van der Waals surface area contributed by atoms with E-state index in [1.165, 1.54) is 23.5 Å². The Balaban J connectivity index is 1.80. The standard InChI is InChI=1S/C19H16F3NO2S/c20-19(21,22)15-3-1-2-13(9-15)17-10-14-8-12(4-5-16(14)26-17)11-23-7-6-18(24)25/h1-5,8-10,23H,6-7,11H2,(H,24,25). The molecule has 136 valence electrons. The molecule has 0 fully saturated rings. The molecule has 0 saturated carbocycles. The van der Waals surface area contributed by atoms with Gasteiger partial charge >= 0.3 is 12.1 Å². The number of hydrogen-bond donors (Lipinski definition) is 2. The first-order valence-corrected chi connectivity index (χ1v) is 8.77. The van der Waals surface area contributed by atoms with Crippen molar-refractivity contribution in [3.05, 3.63) is 59.7 Å². The number of hydrogen-bond acceptors (Lipinski definition) is 3. The number of thiophene rings is 1. The van der Waals surface area contributed by atoms with Crippen LogP contribution in [0.3, 0.4) is 0 Å². The van der Waals surface area contributed by atoms with E-state index in [4.69, 9.17) is 5.11 Å². The molecule has 3 aromatic rings. The third-order valence-electron chi connectivity index (χ3n) is 3.90. The van der Waals surface area contributed by atoms with Gasteiger partial charge in [-0.05, 0) is 46.8 Å². The molecule has 1 aromatic heterocycles. The molecule has 0 aliphatic heterocycles. The summed E-state index contributed by atoms with van der Waals surface area (Å²) in [5, 5.41) is 12.6. The number of halogens is 3. The number of benzene rings is 2. The fraction of sp³-hybridized carbons (Fsp3) is 0.211. The highest BCUT2D eigenvalue weighted by Gasteiger charge is 2.30. The van der Waals surface area contributed by atoms with Crippen molar-refractivity contribution in [1.82, 2.24) is 5.32 Å². The smallest absolute Gasteiger partial charge is 0.416 e. The Morgan fingerprint density at radius 3 is 2.65 bits per heavy atom. The van der Waals surface area contributed by atoms with Crippen LogP contribution in [0.15, 0.2) is 48.5 Å². The molecule has 7 heteroatoms. The van der Waals surface area contributed by atoms with Crippen LogP contribution in [-0.2, 0) is 17.5 Å². The van der Waals surface area contributed by atoms with Gasteiger partial charge in [-0.15, -0.1) is 11.3 Å². The summed E-state index contributed by atoms with van der Waals surface area (Å²) in [5.41, 5.74) is 0.884. The Hall–Kier alpha value is -2.38. The SMILES string of the molecule is O=C(O)CCNCc1ccc2sc(-c3cccc(C(F)(F)F)c3)cc2c1. The zero-order valence-electron chi connectivity index (χ0n) is 13.6. The highest BCUT2D eigenvalue weighted by atomic mass is 32.1. The molecule has 0 aliphatic carbocycles. The second-order valence-corrected chi connectivity index (χ2v) is 6.97. The summed E-state index contributed by atoms with van der Waals surface area (Å²) in [5.74, 6) is -0.850. The van der Waals surface area contributed by atoms with Gasteiger partial charge in [0, 0.05) is 22.7 Å². The molecule has 26 heavy (non-hydrogen) atoms. The minimum absolute atomic E-state index is 0.0559. The highest BCUT2D eigenvalue weighted by Crippen LogP contribution is 2.37. The van der Waals surface area contributed by atoms with E-state index < -0.39 is 17.7 Å². The van der Waals surface area contributed by atoms with Crippen LogP contribution in [0.2, 0.25) is 0 Å². The molecule has 2 aromatic carbocycles. The summed E-state index contributed by atoms with van der Waals surface area (Å²) in [6.45, 7) is 0.921. The first-order chi connectivity index (χ1) is 12.3. The Bertz CT molecular complexity index is 934. The van der Waals surface area contributed by atoms with Gasteiger partial charge in [-0.1, -0.05) is 18.2 Å². The van der Waals surface area contributed by atoms with E-state index >= 15 is 0 Å². The van der Waals surface area contributed by atoms with Crippen LogP contribution < -0.4 is 5.32 Å². The van der Waals surface area contributed by atoms with Gasteiger partial charge in [-0.2, -0.15) is 13.2 Å². The predicted octanol–water partition coefficient (Wildman–Crippen LogP) is 5.15. The number of alkyl halides is 3. The lowest BCUT2D eigenvalue weighted by molar-refractivity contribution is -0.138. The summed E-state index contributed by atoms with van der Waals surface area (Å²) in [6, 6.07) is 13.0. The molecule has 0 spiro atoms. The third kappa shape index (κ3) is 4.42. The third-order valence-corrected chi connectivity index (χ3v) is 5.07. The van der Waals surface area contributed by atoms with Crippen molar-refractivity contribution in [3.63, 3.8) is 0 Å². The topological polar surface area (TPSA) is 49.3 Å². The fourth-order valence-corrected chi connectivity index (χ4v) is 3.66. The van der Waals surface area contributed by atoms with Crippen LogP contribution in [0.25, 0.3) is 20.5 Å². The molecular formula is C19H16F3NO2S. The average Bonchev–Trinajstić information content (AvgIpc) is 3.01. The second-order valence-electron chi connectivity index (χ2n) is 5.88. The zero-order valence-corrected chi connectivity index (χ0v) is 14.5. The first kappa shape index (κ1) is 18.4. The summed E-state index contributed by atoms with van der Waals surface area (Å²) in [6.07, 6.45) is -4.30. The summed E-state index contributed by atoms with van der Waals surface area (Å²) in [4.78, 5) is 11.3. The zero-order chi connectivity index (χ0) is 18.7. The van der Waals surface area contributed by atoms with Crippen molar-refractivity contribution in [3.8, 4) is 10.4 Å². The Morgan fingerprint density at radius 1 is 1.12 bits per heavy atom. The van der Waals surface area contributed by atoms with Crippen molar-refractivity contribution in [2.45, 2.75) is 19.1 Å². The molecule has 0 radical (unpaired) electrons. The van der Waals surface area contributed by atoms with Crippen molar-refractivity contribution in [2.75, 3.05) is 6.54 Å². The van der Waals surface area contributed by atoms with E-state index in [2.05, 4.69) is 5.32 Å². The molecule has 0 unspecified atom stereocenters. The first-order valence-electron chi connectivity index (χ1n) is 7.95. The van der Waals surface area contributed by atoms with Crippen LogP contribution in [0.1, 0.15) is 17.5 Å². The average molecular weight is 379 g/mol. The molecule has 0 atom stereocenters. The number of carboxylic acids is 1. The number of carbonyl (C=O) groups is 1. The van der Waals surface area contributed by atoms with Crippen LogP contribution in [0, 0.1) is 0 Å². The molecule has 3 rings (SSSR count). The van der Waals surface area contributed by atoms with Crippen LogP contribution in [-0.4, -0.2) is 17.6 Å². The lowest BCUT2D eigenvalue weighted by atomic mass is 10.1. The van der Waals surface area contributed by atoms with E-state index in [-0.39, 0.29) is 6.42 Å². The van der Waals surface area contributed by atoms with Crippen LogP contribution in [0.4, 0.5) is 13.2 Å². The molecule has 0 saturated heterocycles. The van der Waals surface area contributed by atoms with Crippen molar-refractivity contribution >= 4 is 27.4 Å². The van der Waals surface area contributed by atoms with Gasteiger partial charge in [0.15, 0.2) is 0 Å². The minimum Gasteiger partial charge on any atom is -0.481 e. The highest BCUT2D eigenvalue weighted by molar-refractivity contribution is 7.22. The number of carboxylic acid groups (broad SMARTS) is 1. The Morgan fingerprint density at radius 2 is 1.92 bits per heavy atom. The van der Waals surface area contributed by atoms with E-state index in [1.807, 2.05) is 24.3 Å². The lowest BCUT2D eigenvalue weighted by Crippen LogP contribution is -2.17. The molecule has 0 aliphatic rings. The number of fused-ring (bicyclic) bond motifs is 1. The predicted molar refractivity (Wildman–Crippen MR) is 96.2 cm³/mol. The maximum atomic E-state index is 12.9. The van der Waals surface area contributed by atoms with E-state index in [1.54, 1.807) is 6.07 Å². The monoisotopic (exact) mass is 379 g/mol. The molecule has 0 bridgehead atoms. The van der Waals surface area contributed by atoms with E-state index in [0.29, 0.717) is 18.7 Å². The van der Waals surface area contributed by atoms with Gasteiger partial charge in [-0.25, -0.2) is 0 Å². The summed E-state index contributed by atoms with van der Waals surface area (Å²) >= 11 is 1.45. The number of aliphatic carboxylic acids is 1. The quantitative estimate of drug-likeness (QED) is 0.582. The lowest BCUT2D eigenvalue weighted by Gasteiger charge is -2.07. The summed E-state index contributed by atoms with van der Waals surface area (Å²) in [7, 11) is 0. The molecule has 1 heterocycles. The summed E-state index contributed by atoms with van der Waals surface area (Å²) < 4.78 is 39.7. The van der Waals surface area contributed by atoms with Crippen molar-refractivity contribution < 1.29 is 23.1 Å². The molecule has 3 nitrogen and oxygen atoms in total. The molecule has 2 N–H and O–H groups in total. The number of rotatable bonds is 6. The largest absolute Gasteiger partial charge is 0.481 e. The number of nitrogens with one attached hydrogen (secondary N) is 1. The van der Waals surface area contributed by atoms with Crippen LogP contribution >= 0.6 is 11.3 Å². The van der Waals surface area contributed by atoms with Gasteiger partial charge < -0.3 is 10.4 Å². The Labute approximate surface area is 152 Å². The van der Waals surface area contributed by atoms with Crippen molar-refractivity contribution in [1.29, 1.82) is 0 Å². The second kappa shape index (κ2) is 7.47. The fourth-order valence-electron chi connectivity index (χ4n) is 2.62. The van der Waals surface area contributed by atoms with Gasteiger partial charge in [0.05, 0.1) is 12.0 Å². The maximum absolute atomic E-state index is 12.9. The van der Waals surface area contributed by atoms with Crippen LogP contribution in [0.5, 0.6) is 0 Å². The molecular weight excluding hydrogens is 363 g/mol. The van der Waals surface area contributed by atoms with E-state index in [9.17, 15) is 18.0 Å². The maximum Gasteiger partial charge on any atom is 0.416 e. The minimum atomic E-state index is -4.36.